The Bertz CT molecular complexity index is 1440. The first kappa shape index (κ1) is 23.5. The Hall–Kier alpha value is -2.91. The van der Waals surface area contributed by atoms with Gasteiger partial charge in [-0.25, -0.2) is 0 Å². The zero-order valence-electron chi connectivity index (χ0n) is 20.7. The van der Waals surface area contributed by atoms with E-state index in [4.69, 9.17) is 11.6 Å². The van der Waals surface area contributed by atoms with Crippen LogP contribution in [0.2, 0.25) is 5.02 Å². The lowest BCUT2D eigenvalue weighted by Gasteiger charge is -2.36. The van der Waals surface area contributed by atoms with E-state index < -0.39 is 12.2 Å². The Labute approximate surface area is 218 Å². The average molecular weight is 495 g/mol. The van der Waals surface area contributed by atoms with E-state index in [0.717, 1.165) is 22.3 Å². The Morgan fingerprint density at radius 2 is 1.50 bits per heavy atom. The Morgan fingerprint density at radius 1 is 0.750 bits per heavy atom. The maximum Gasteiger partial charge on any atom is 0.0839 e. The van der Waals surface area contributed by atoms with Gasteiger partial charge in [-0.2, -0.15) is 0 Å². The van der Waals surface area contributed by atoms with E-state index in [1.807, 2.05) is 24.3 Å². The van der Waals surface area contributed by atoms with E-state index in [1.54, 1.807) is 0 Å². The third kappa shape index (κ3) is 3.98. The Kier molecular flexibility index (Phi) is 6.00. The first-order valence-electron chi connectivity index (χ1n) is 12.9. The highest BCUT2D eigenvalue weighted by Gasteiger charge is 2.34. The highest BCUT2D eigenvalue weighted by Crippen LogP contribution is 2.47. The molecule has 3 atom stereocenters. The first-order chi connectivity index (χ1) is 17.4. The molecule has 3 unspecified atom stereocenters. The molecule has 4 aromatic rings. The maximum atomic E-state index is 11.6. The lowest BCUT2D eigenvalue weighted by atomic mass is 9.71. The van der Waals surface area contributed by atoms with Crippen LogP contribution in [-0.2, 0) is 19.3 Å². The summed E-state index contributed by atoms with van der Waals surface area (Å²) in [7, 11) is 0. The van der Waals surface area contributed by atoms with Crippen molar-refractivity contribution >= 4 is 11.6 Å². The van der Waals surface area contributed by atoms with Gasteiger partial charge in [0.25, 0.3) is 0 Å². The number of hydrogen-bond acceptors (Lipinski definition) is 2. The van der Waals surface area contributed by atoms with E-state index in [9.17, 15) is 10.2 Å². The topological polar surface area (TPSA) is 40.5 Å². The van der Waals surface area contributed by atoms with Gasteiger partial charge < -0.3 is 10.2 Å². The zero-order valence-corrected chi connectivity index (χ0v) is 21.5. The van der Waals surface area contributed by atoms with E-state index in [-0.39, 0.29) is 5.92 Å². The molecule has 0 spiro atoms. The lowest BCUT2D eigenvalue weighted by molar-refractivity contribution is 0.132. The molecule has 2 N–H and O–H groups in total. The highest BCUT2D eigenvalue weighted by atomic mass is 35.5. The molecular weight excluding hydrogens is 464 g/mol. The molecule has 2 aliphatic carbocycles. The summed E-state index contributed by atoms with van der Waals surface area (Å²) in [5.74, 6) is 0.450. The third-order valence-electron chi connectivity index (χ3n) is 8.13. The van der Waals surface area contributed by atoms with Crippen LogP contribution in [0, 0.1) is 0 Å². The summed E-state index contributed by atoms with van der Waals surface area (Å²) < 4.78 is 0. The van der Waals surface area contributed by atoms with Crippen molar-refractivity contribution in [3.8, 4) is 22.3 Å². The molecule has 0 fully saturated rings. The third-order valence-corrected chi connectivity index (χ3v) is 8.38. The molecule has 6 rings (SSSR count). The molecule has 0 heterocycles. The van der Waals surface area contributed by atoms with E-state index in [0.29, 0.717) is 30.2 Å². The van der Waals surface area contributed by atoms with Crippen molar-refractivity contribution in [2.75, 3.05) is 0 Å². The first-order valence-corrected chi connectivity index (χ1v) is 13.3. The van der Waals surface area contributed by atoms with Gasteiger partial charge in [0.05, 0.1) is 12.2 Å². The van der Waals surface area contributed by atoms with Gasteiger partial charge in [-0.3, -0.25) is 0 Å². The molecular formula is C33H31ClO2. The van der Waals surface area contributed by atoms with Crippen LogP contribution in [0.5, 0.6) is 0 Å². The zero-order chi connectivity index (χ0) is 25.0. The standard InChI is InChI=1S/C33H31ClO2/c1-19(2)21-5-3-6-22(15-21)25-7-4-8-26-27-14-11-23-16-31(35)28(20-9-12-24(34)13-10-20)17-29(23)33(27)32(36)18-30(25)26/h3-15,19,28,31-32,35-36H,16-18H2,1-2H3. The summed E-state index contributed by atoms with van der Waals surface area (Å²) >= 11 is 6.12. The molecule has 2 nitrogen and oxygen atoms in total. The number of hydrogen-bond donors (Lipinski definition) is 2. The average Bonchev–Trinajstić information content (AvgIpc) is 2.88. The molecule has 182 valence electrons. The molecule has 2 aliphatic rings. The number of aliphatic hydroxyl groups excluding tert-OH is 2. The maximum absolute atomic E-state index is 11.6. The molecule has 36 heavy (non-hydrogen) atoms. The number of fused-ring (bicyclic) bond motifs is 5. The number of benzene rings is 4. The lowest BCUT2D eigenvalue weighted by Crippen LogP contribution is -2.30. The van der Waals surface area contributed by atoms with Gasteiger partial charge in [0.2, 0.25) is 0 Å². The molecule has 0 bridgehead atoms. The molecule has 0 amide bonds. The van der Waals surface area contributed by atoms with Gasteiger partial charge in [-0.1, -0.05) is 92.2 Å². The Balaban J connectivity index is 1.46. The van der Waals surface area contributed by atoms with Crippen LogP contribution < -0.4 is 0 Å². The minimum Gasteiger partial charge on any atom is -0.392 e. The minimum atomic E-state index is -0.571. The summed E-state index contributed by atoms with van der Waals surface area (Å²) in [6.45, 7) is 4.44. The van der Waals surface area contributed by atoms with Gasteiger partial charge >= 0.3 is 0 Å². The van der Waals surface area contributed by atoms with Crippen LogP contribution in [0.3, 0.4) is 0 Å². The molecule has 0 saturated carbocycles. The largest absolute Gasteiger partial charge is 0.392 e. The van der Waals surface area contributed by atoms with Crippen molar-refractivity contribution in [2.24, 2.45) is 0 Å². The van der Waals surface area contributed by atoms with Crippen LogP contribution >= 0.6 is 11.6 Å². The SMILES string of the molecule is CC(C)c1cccc(-c2cccc3c2CC(O)c2c-3ccc3c2CC(c2ccc(Cl)cc2)C(O)C3)c1. The summed E-state index contributed by atoms with van der Waals surface area (Å²) in [4.78, 5) is 0. The highest BCUT2D eigenvalue weighted by molar-refractivity contribution is 6.30. The van der Waals surface area contributed by atoms with Gasteiger partial charge in [0.15, 0.2) is 0 Å². The van der Waals surface area contributed by atoms with Crippen molar-refractivity contribution in [1.29, 1.82) is 0 Å². The summed E-state index contributed by atoms with van der Waals surface area (Å²) in [6, 6.07) is 27.4. The summed E-state index contributed by atoms with van der Waals surface area (Å²) in [6.07, 6.45) is 0.874. The Morgan fingerprint density at radius 3 is 2.28 bits per heavy atom. The molecule has 0 aromatic heterocycles. The van der Waals surface area contributed by atoms with E-state index in [2.05, 4.69) is 68.4 Å². The van der Waals surface area contributed by atoms with Crippen molar-refractivity contribution in [1.82, 2.24) is 0 Å². The van der Waals surface area contributed by atoms with Crippen LogP contribution in [0.1, 0.15) is 65.2 Å². The second kappa shape index (κ2) is 9.19. The smallest absolute Gasteiger partial charge is 0.0839 e. The quantitative estimate of drug-likeness (QED) is 0.307. The molecule has 0 aliphatic heterocycles. The van der Waals surface area contributed by atoms with Gasteiger partial charge in [0, 0.05) is 17.4 Å². The van der Waals surface area contributed by atoms with Crippen molar-refractivity contribution in [3.63, 3.8) is 0 Å². The van der Waals surface area contributed by atoms with E-state index >= 15 is 0 Å². The van der Waals surface area contributed by atoms with Crippen LogP contribution in [0.15, 0.2) is 78.9 Å². The molecule has 4 aromatic carbocycles. The predicted octanol–water partition coefficient (Wildman–Crippen LogP) is 7.63. The van der Waals surface area contributed by atoms with Gasteiger partial charge in [-0.05, 0) is 86.5 Å². The monoisotopic (exact) mass is 494 g/mol. The van der Waals surface area contributed by atoms with Crippen molar-refractivity contribution in [3.05, 3.63) is 117 Å². The van der Waals surface area contributed by atoms with Crippen LogP contribution in [0.4, 0.5) is 0 Å². The predicted molar refractivity (Wildman–Crippen MR) is 148 cm³/mol. The van der Waals surface area contributed by atoms with Gasteiger partial charge in [-0.15, -0.1) is 0 Å². The van der Waals surface area contributed by atoms with Crippen LogP contribution in [-0.4, -0.2) is 16.3 Å². The molecule has 3 heteroatoms. The van der Waals surface area contributed by atoms with Crippen molar-refractivity contribution < 1.29 is 10.2 Å². The summed E-state index contributed by atoms with van der Waals surface area (Å²) in [5.41, 5.74) is 11.7. The summed E-state index contributed by atoms with van der Waals surface area (Å²) in [5, 5.41) is 23.2. The fraction of sp³-hybridized carbons (Fsp3) is 0.273. The number of rotatable bonds is 3. The fourth-order valence-electron chi connectivity index (χ4n) is 6.22. The van der Waals surface area contributed by atoms with E-state index in [1.165, 1.54) is 33.4 Å². The number of halogens is 1. The van der Waals surface area contributed by atoms with Crippen LogP contribution in [0.25, 0.3) is 22.3 Å². The fourth-order valence-corrected chi connectivity index (χ4v) is 6.35. The second-order valence-corrected chi connectivity index (χ2v) is 11.1. The van der Waals surface area contributed by atoms with Gasteiger partial charge in [0.1, 0.15) is 0 Å². The second-order valence-electron chi connectivity index (χ2n) is 10.6. The molecule has 0 radical (unpaired) electrons. The number of aliphatic hydroxyl groups is 2. The minimum absolute atomic E-state index is 0.0139. The molecule has 0 saturated heterocycles. The normalized spacial score (nSPS) is 20.6. The van der Waals surface area contributed by atoms with Crippen molar-refractivity contribution in [2.45, 2.75) is 57.2 Å².